The molecule has 144 valence electrons. The van der Waals surface area contributed by atoms with Crippen molar-refractivity contribution in [3.8, 4) is 0 Å². The lowest BCUT2D eigenvalue weighted by atomic mass is 9.97. The van der Waals surface area contributed by atoms with Crippen molar-refractivity contribution in [2.24, 2.45) is 0 Å². The molecule has 2 amide bonds. The normalized spacial score (nSPS) is 11.7. The van der Waals surface area contributed by atoms with Gasteiger partial charge >= 0.3 is 6.03 Å². The highest BCUT2D eigenvalue weighted by Crippen LogP contribution is 2.22. The number of aromatic nitrogens is 2. The average Bonchev–Trinajstić information content (AvgIpc) is 2.65. The lowest BCUT2D eigenvalue weighted by Gasteiger charge is -2.20. The predicted octanol–water partition coefficient (Wildman–Crippen LogP) is 3.86. The molecule has 0 aliphatic heterocycles. The van der Waals surface area contributed by atoms with E-state index in [9.17, 15) is 9.59 Å². The van der Waals surface area contributed by atoms with Crippen LogP contribution in [-0.2, 0) is 4.79 Å². The van der Waals surface area contributed by atoms with Gasteiger partial charge in [0.1, 0.15) is 6.29 Å². The fraction of sp³-hybridized carbons (Fsp3) is 0.200. The Morgan fingerprint density at radius 1 is 1.18 bits per heavy atom. The first-order valence-electron chi connectivity index (χ1n) is 8.73. The minimum absolute atomic E-state index is 0.0671. The second-order valence-corrected chi connectivity index (χ2v) is 6.73. The van der Waals surface area contributed by atoms with Crippen LogP contribution in [0.5, 0.6) is 0 Å². The van der Waals surface area contributed by atoms with Gasteiger partial charge in [0, 0.05) is 11.8 Å². The maximum Gasteiger partial charge on any atom is 0.333 e. The average molecular weight is 398 g/mol. The van der Waals surface area contributed by atoms with E-state index in [4.69, 9.17) is 11.6 Å². The van der Waals surface area contributed by atoms with Crippen LogP contribution in [0.3, 0.4) is 0 Å². The van der Waals surface area contributed by atoms with Gasteiger partial charge in [0.25, 0.3) is 0 Å². The summed E-state index contributed by atoms with van der Waals surface area (Å²) in [4.78, 5) is 31.7. The zero-order chi connectivity index (χ0) is 20.1. The molecule has 0 saturated carbocycles. The fourth-order valence-corrected chi connectivity index (χ4v) is 3.21. The van der Waals surface area contributed by atoms with Crippen LogP contribution in [-0.4, -0.2) is 22.3 Å². The van der Waals surface area contributed by atoms with Crippen LogP contribution in [0, 0.1) is 13.8 Å². The Kier molecular flexibility index (Phi) is 6.06. The summed E-state index contributed by atoms with van der Waals surface area (Å²) in [6.45, 7) is 3.94. The minimum atomic E-state index is -0.495. The van der Waals surface area contributed by atoms with Gasteiger partial charge in [-0.1, -0.05) is 35.9 Å². The highest BCUT2D eigenvalue weighted by Gasteiger charge is 2.16. The van der Waals surface area contributed by atoms with E-state index < -0.39 is 12.1 Å². The number of anilines is 1. The maximum absolute atomic E-state index is 12.4. The lowest BCUT2D eigenvalue weighted by Crippen LogP contribution is -2.41. The molecule has 3 aromatic rings. The molecule has 0 aliphatic carbocycles. The number of fused-ring (bicyclic) bond motifs is 1. The molecule has 1 atom stereocenters. The number of halogens is 1. The van der Waals surface area contributed by atoms with Crippen molar-refractivity contribution in [1.29, 1.82) is 0 Å². The van der Waals surface area contributed by atoms with Crippen molar-refractivity contribution in [1.82, 2.24) is 20.7 Å². The van der Waals surface area contributed by atoms with Gasteiger partial charge in [0.15, 0.2) is 5.82 Å². The van der Waals surface area contributed by atoms with E-state index in [0.29, 0.717) is 16.7 Å². The minimum Gasteiger partial charge on any atom is -0.329 e. The molecule has 0 saturated heterocycles. The molecule has 0 aliphatic rings. The third-order valence-electron chi connectivity index (χ3n) is 4.31. The Morgan fingerprint density at radius 3 is 2.71 bits per heavy atom. The zero-order valence-corrected chi connectivity index (χ0v) is 16.2. The number of aldehydes is 1. The van der Waals surface area contributed by atoms with Crippen molar-refractivity contribution < 1.29 is 9.59 Å². The van der Waals surface area contributed by atoms with Gasteiger partial charge < -0.3 is 10.1 Å². The van der Waals surface area contributed by atoms with Crippen LogP contribution in [0.1, 0.15) is 29.2 Å². The smallest absolute Gasteiger partial charge is 0.329 e. The van der Waals surface area contributed by atoms with Crippen molar-refractivity contribution in [3.05, 3.63) is 64.4 Å². The molecule has 28 heavy (non-hydrogen) atoms. The summed E-state index contributed by atoms with van der Waals surface area (Å²) in [5, 5.41) is 3.59. The number of nitrogens with zero attached hydrogens (tertiary/aromatic N) is 2. The number of urea groups is 1. The number of hydrogen-bond donors (Lipinski definition) is 3. The fourth-order valence-electron chi connectivity index (χ4n) is 3.03. The van der Waals surface area contributed by atoms with Crippen LogP contribution in [0.15, 0.2) is 42.5 Å². The van der Waals surface area contributed by atoms with Gasteiger partial charge in [0.05, 0.1) is 11.6 Å². The van der Waals surface area contributed by atoms with Crippen molar-refractivity contribution in [3.63, 3.8) is 0 Å². The van der Waals surface area contributed by atoms with E-state index in [2.05, 4.69) is 26.1 Å². The summed E-state index contributed by atoms with van der Waals surface area (Å²) in [5.74, 6) is 0.379. The standard InChI is InChI=1S/C20H20ClN5O2/c1-12-7-8-14(13(2)11-12)17(9-10-27)23-20(28)26-25-18-15-5-3-4-6-16(15)22-19(21)24-18/h3-8,10-11,17H,9H2,1-2H3,(H,22,24,25)(H2,23,26,28). The first kappa shape index (κ1) is 19.6. The van der Waals surface area contributed by atoms with E-state index in [1.165, 1.54) is 0 Å². The van der Waals surface area contributed by atoms with Crippen molar-refractivity contribution >= 4 is 40.6 Å². The van der Waals surface area contributed by atoms with Gasteiger partial charge in [-0.3, -0.25) is 10.9 Å². The molecular weight excluding hydrogens is 378 g/mol. The SMILES string of the molecule is Cc1ccc(C(CC=O)NC(=O)NNc2nc(Cl)nc3ccccc23)c(C)c1. The highest BCUT2D eigenvalue weighted by molar-refractivity contribution is 6.28. The van der Waals surface area contributed by atoms with E-state index >= 15 is 0 Å². The zero-order valence-electron chi connectivity index (χ0n) is 15.5. The molecular formula is C20H20ClN5O2. The first-order chi connectivity index (χ1) is 13.5. The van der Waals surface area contributed by atoms with Gasteiger partial charge in [-0.15, -0.1) is 0 Å². The van der Waals surface area contributed by atoms with Crippen LogP contribution < -0.4 is 16.2 Å². The molecule has 1 aromatic heterocycles. The Hall–Kier alpha value is -3.19. The number of aryl methyl sites for hydroxylation is 2. The maximum atomic E-state index is 12.4. The summed E-state index contributed by atoms with van der Waals surface area (Å²) in [5.41, 5.74) is 8.98. The number of amides is 2. The molecule has 7 nitrogen and oxygen atoms in total. The molecule has 8 heteroatoms. The quantitative estimate of drug-likeness (QED) is 0.333. The largest absolute Gasteiger partial charge is 0.333 e. The number of benzene rings is 2. The van der Waals surface area contributed by atoms with E-state index in [1.54, 1.807) is 6.07 Å². The van der Waals surface area contributed by atoms with Crippen LogP contribution in [0.4, 0.5) is 10.6 Å². The van der Waals surface area contributed by atoms with Crippen molar-refractivity contribution in [2.75, 3.05) is 5.43 Å². The molecule has 1 unspecified atom stereocenters. The number of rotatable bonds is 6. The summed E-state index contributed by atoms with van der Waals surface area (Å²) in [7, 11) is 0. The summed E-state index contributed by atoms with van der Waals surface area (Å²) < 4.78 is 0. The predicted molar refractivity (Wildman–Crippen MR) is 109 cm³/mol. The molecule has 3 rings (SSSR count). The number of carbonyl (C=O) groups excluding carboxylic acids is 2. The summed E-state index contributed by atoms with van der Waals surface area (Å²) in [6, 6.07) is 12.2. The lowest BCUT2D eigenvalue weighted by molar-refractivity contribution is -0.108. The molecule has 0 bridgehead atoms. The van der Waals surface area contributed by atoms with Crippen molar-refractivity contribution in [2.45, 2.75) is 26.3 Å². The second kappa shape index (κ2) is 8.67. The number of hydrazine groups is 1. The molecule has 0 fully saturated rings. The molecule has 0 radical (unpaired) electrons. The molecule has 3 N–H and O–H groups in total. The number of carbonyl (C=O) groups is 2. The van der Waals surface area contributed by atoms with Gasteiger partial charge in [-0.2, -0.15) is 4.98 Å². The third-order valence-corrected chi connectivity index (χ3v) is 4.48. The van der Waals surface area contributed by atoms with Gasteiger partial charge in [0.2, 0.25) is 5.28 Å². The second-order valence-electron chi connectivity index (χ2n) is 6.40. The van der Waals surface area contributed by atoms with Crippen LogP contribution in [0.25, 0.3) is 10.9 Å². The Balaban J connectivity index is 1.73. The van der Waals surface area contributed by atoms with Crippen LogP contribution in [0.2, 0.25) is 5.28 Å². The van der Waals surface area contributed by atoms with E-state index in [0.717, 1.165) is 23.0 Å². The summed E-state index contributed by atoms with van der Waals surface area (Å²) >= 11 is 5.95. The number of nitrogens with one attached hydrogen (secondary N) is 3. The Labute approximate surface area is 167 Å². The van der Waals surface area contributed by atoms with E-state index in [-0.39, 0.29) is 11.7 Å². The van der Waals surface area contributed by atoms with Gasteiger partial charge in [-0.25, -0.2) is 9.78 Å². The molecule has 1 heterocycles. The third kappa shape index (κ3) is 4.55. The van der Waals surface area contributed by atoms with Crippen LogP contribution >= 0.6 is 11.6 Å². The Morgan fingerprint density at radius 2 is 1.96 bits per heavy atom. The first-order valence-corrected chi connectivity index (χ1v) is 9.11. The topological polar surface area (TPSA) is 96.0 Å². The monoisotopic (exact) mass is 397 g/mol. The number of hydrogen-bond acceptors (Lipinski definition) is 5. The Bertz CT molecular complexity index is 1020. The highest BCUT2D eigenvalue weighted by atomic mass is 35.5. The van der Waals surface area contributed by atoms with Gasteiger partial charge in [-0.05, 0) is 48.7 Å². The molecule has 0 spiro atoms. The van der Waals surface area contributed by atoms with E-state index in [1.807, 2.05) is 50.2 Å². The number of para-hydroxylation sites is 1. The molecule has 2 aromatic carbocycles. The summed E-state index contributed by atoms with van der Waals surface area (Å²) in [6.07, 6.45) is 0.953.